The van der Waals surface area contributed by atoms with E-state index in [1.165, 1.54) is 19.4 Å². The maximum absolute atomic E-state index is 14.3. The summed E-state index contributed by atoms with van der Waals surface area (Å²) in [5.41, 5.74) is 1.86. The molecule has 0 radical (unpaired) electrons. The van der Waals surface area contributed by atoms with Crippen LogP contribution in [0.5, 0.6) is 5.75 Å². The normalized spacial score (nSPS) is 10.9. The van der Waals surface area contributed by atoms with Gasteiger partial charge < -0.3 is 24.9 Å². The van der Waals surface area contributed by atoms with Crippen molar-refractivity contribution in [2.45, 2.75) is 6.18 Å². The first-order chi connectivity index (χ1) is 16.5. The summed E-state index contributed by atoms with van der Waals surface area (Å²) in [5, 5.41) is 13.1. The van der Waals surface area contributed by atoms with Gasteiger partial charge in [0.2, 0.25) is 5.95 Å². The van der Waals surface area contributed by atoms with E-state index < -0.39 is 23.7 Å². The molecule has 0 unspecified atom stereocenters. The highest BCUT2D eigenvalue weighted by Crippen LogP contribution is 2.29. The van der Waals surface area contributed by atoms with Crippen LogP contribution in [-0.4, -0.2) is 39.3 Å². The second kappa shape index (κ2) is 10.4. The van der Waals surface area contributed by atoms with E-state index in [9.17, 15) is 22.4 Å². The lowest BCUT2D eigenvalue weighted by atomic mass is 10.3. The summed E-state index contributed by atoms with van der Waals surface area (Å²) in [6.45, 7) is 0. The number of hydrogen-bond donors (Lipinski definition) is 4. The molecule has 2 heterocycles. The average molecular weight is 560 g/mol. The molecule has 0 fully saturated rings. The molecule has 0 bridgehead atoms. The highest BCUT2D eigenvalue weighted by Gasteiger charge is 2.38. The molecule has 35 heavy (non-hydrogen) atoms. The Morgan fingerprint density at radius 2 is 1.94 bits per heavy atom. The number of carbonyl (C=O) groups is 1. The first kappa shape index (κ1) is 25.5. The number of ether oxygens (including phenoxy) is 1. The summed E-state index contributed by atoms with van der Waals surface area (Å²) in [4.78, 5) is 31.3. The summed E-state index contributed by atoms with van der Waals surface area (Å²) in [7, 11) is 1.39. The number of oxazole rings is 1. The molecule has 0 aliphatic heterocycles. The number of carboxylic acids is 1. The first-order valence-corrected chi connectivity index (χ1v) is 10.1. The monoisotopic (exact) mass is 559 g/mol. The number of aromatic amines is 1. The smallest absolute Gasteiger partial charge is 0.490 e. The molecule has 0 saturated carbocycles. The van der Waals surface area contributed by atoms with E-state index in [-0.39, 0.29) is 17.4 Å². The number of rotatable bonds is 5. The van der Waals surface area contributed by atoms with Crippen LogP contribution in [0.25, 0.3) is 11.1 Å². The zero-order valence-corrected chi connectivity index (χ0v) is 19.0. The zero-order valence-electron chi connectivity index (χ0n) is 17.4. The number of halogens is 5. The summed E-state index contributed by atoms with van der Waals surface area (Å²) in [5.74, 6) is -3.07. The summed E-state index contributed by atoms with van der Waals surface area (Å²) >= 11 is 3.38. The highest BCUT2D eigenvalue weighted by atomic mass is 79.9. The van der Waals surface area contributed by atoms with Crippen molar-refractivity contribution < 1.29 is 36.6 Å². The molecule has 15 heteroatoms. The van der Waals surface area contributed by atoms with Crippen molar-refractivity contribution >= 4 is 56.1 Å². The van der Waals surface area contributed by atoms with Gasteiger partial charge in [0.25, 0.3) is 0 Å². The molecule has 4 aromatic rings. The van der Waals surface area contributed by atoms with Crippen molar-refractivity contribution in [2.24, 2.45) is 0 Å². The molecule has 0 atom stereocenters. The van der Waals surface area contributed by atoms with E-state index in [0.717, 1.165) is 0 Å². The van der Waals surface area contributed by atoms with Gasteiger partial charge in [-0.3, -0.25) is 4.98 Å². The maximum Gasteiger partial charge on any atom is 0.490 e. The fourth-order valence-electron chi connectivity index (χ4n) is 2.57. The Kier molecular flexibility index (Phi) is 7.58. The largest absolute Gasteiger partial charge is 0.494 e. The molecule has 0 aliphatic carbocycles. The fraction of sp³-hybridized carbons (Fsp3) is 0.100. The quantitative estimate of drug-likeness (QED) is 0.250. The predicted octanol–water partition coefficient (Wildman–Crippen LogP) is 4.94. The van der Waals surface area contributed by atoms with Gasteiger partial charge >= 0.3 is 17.9 Å². The van der Waals surface area contributed by atoms with Gasteiger partial charge in [0.05, 0.1) is 22.8 Å². The van der Waals surface area contributed by atoms with Crippen molar-refractivity contribution in [2.75, 3.05) is 17.7 Å². The van der Waals surface area contributed by atoms with Crippen LogP contribution < -0.4 is 21.1 Å². The van der Waals surface area contributed by atoms with E-state index in [1.807, 2.05) is 0 Å². The Hall–Kier alpha value is -4.14. The van der Waals surface area contributed by atoms with E-state index in [0.29, 0.717) is 27.1 Å². The Morgan fingerprint density at radius 1 is 1.23 bits per heavy atom. The Balaban J connectivity index is 0.000000429. The van der Waals surface area contributed by atoms with Crippen LogP contribution in [0, 0.1) is 5.82 Å². The molecule has 0 amide bonds. The minimum absolute atomic E-state index is 0.114. The second-order valence-corrected chi connectivity index (χ2v) is 7.34. The number of benzene rings is 2. The van der Waals surface area contributed by atoms with Gasteiger partial charge in [0.15, 0.2) is 17.1 Å². The number of H-pyrrole nitrogens is 1. The van der Waals surface area contributed by atoms with Crippen LogP contribution in [0.3, 0.4) is 0 Å². The number of carboxylic acid groups (broad SMARTS) is 1. The van der Waals surface area contributed by atoms with E-state index in [4.69, 9.17) is 19.1 Å². The number of alkyl halides is 3. The number of aliphatic carboxylic acids is 1. The molecule has 10 nitrogen and oxygen atoms in total. The van der Waals surface area contributed by atoms with Crippen molar-refractivity contribution in [3.05, 3.63) is 63.4 Å². The summed E-state index contributed by atoms with van der Waals surface area (Å²) in [6.07, 6.45) is -3.55. The fourth-order valence-corrected chi connectivity index (χ4v) is 2.86. The minimum Gasteiger partial charge on any atom is -0.494 e. The Morgan fingerprint density at radius 3 is 2.60 bits per heavy atom. The molecule has 4 N–H and O–H groups in total. The van der Waals surface area contributed by atoms with Crippen LogP contribution in [0.1, 0.15) is 0 Å². The van der Waals surface area contributed by atoms with E-state index >= 15 is 0 Å². The van der Waals surface area contributed by atoms with Gasteiger partial charge in [-0.2, -0.15) is 18.2 Å². The van der Waals surface area contributed by atoms with Crippen LogP contribution in [-0.2, 0) is 4.79 Å². The predicted molar refractivity (Wildman–Crippen MR) is 120 cm³/mol. The second-order valence-electron chi connectivity index (χ2n) is 6.49. The molecule has 184 valence electrons. The van der Waals surface area contributed by atoms with Crippen LogP contribution >= 0.6 is 15.9 Å². The minimum atomic E-state index is -5.08. The number of hydrogen-bond acceptors (Lipinski definition) is 8. The van der Waals surface area contributed by atoms with Gasteiger partial charge in [-0.1, -0.05) is 6.07 Å². The van der Waals surface area contributed by atoms with Crippen molar-refractivity contribution in [1.29, 1.82) is 0 Å². The average Bonchev–Trinajstić information content (AvgIpc) is 3.16. The van der Waals surface area contributed by atoms with Gasteiger partial charge in [0.1, 0.15) is 5.82 Å². The van der Waals surface area contributed by atoms with Gasteiger partial charge in [-0.15, -0.1) is 0 Å². The molecule has 0 saturated heterocycles. The standard InChI is InChI=1S/C18H13BrFN5O3.C2HF3O2/c1-27-14-4-2-3-11(15(14)20)23-17-21-8-10(19)16(25-17)22-9-5-6-13-12(7-9)24-18(26)28-13;3-2(4,5)1(6)7/h2-8H,1H3,(H,24,26)(H2,21,22,23,25);(H,6,7). The highest BCUT2D eigenvalue weighted by molar-refractivity contribution is 9.10. The summed E-state index contributed by atoms with van der Waals surface area (Å²) in [6, 6.07) is 9.84. The first-order valence-electron chi connectivity index (χ1n) is 9.30. The van der Waals surface area contributed by atoms with Crippen LogP contribution in [0.15, 0.2) is 56.3 Å². The molecular weight excluding hydrogens is 546 g/mol. The Bertz CT molecular complexity index is 1420. The van der Waals surface area contributed by atoms with E-state index in [1.54, 1.807) is 30.3 Å². The number of nitrogens with zero attached hydrogens (tertiary/aromatic N) is 2. The number of aromatic nitrogens is 3. The van der Waals surface area contributed by atoms with Crippen molar-refractivity contribution in [1.82, 2.24) is 15.0 Å². The lowest BCUT2D eigenvalue weighted by molar-refractivity contribution is -0.192. The molecule has 4 rings (SSSR count). The topological polar surface area (TPSA) is 142 Å². The number of fused-ring (bicyclic) bond motifs is 1. The van der Waals surface area contributed by atoms with Gasteiger partial charge in [-0.05, 0) is 46.3 Å². The SMILES string of the molecule is COc1cccc(Nc2ncc(Br)c(Nc3ccc4oc(=O)[nH]c4c3)n2)c1F.O=C(O)C(F)(F)F. The van der Waals surface area contributed by atoms with Crippen molar-refractivity contribution in [3.8, 4) is 5.75 Å². The molecule has 0 spiro atoms. The maximum atomic E-state index is 14.3. The lowest BCUT2D eigenvalue weighted by Crippen LogP contribution is -2.21. The van der Waals surface area contributed by atoms with Gasteiger partial charge in [0, 0.05) is 11.9 Å². The van der Waals surface area contributed by atoms with E-state index in [2.05, 4.69) is 41.5 Å². The van der Waals surface area contributed by atoms with Crippen LogP contribution in [0.4, 0.5) is 40.7 Å². The number of anilines is 4. The Labute approximate surface area is 201 Å². The molecular formula is C20H14BrF4N5O5. The van der Waals surface area contributed by atoms with Crippen molar-refractivity contribution in [3.63, 3.8) is 0 Å². The summed E-state index contributed by atoms with van der Waals surface area (Å²) < 4.78 is 56.6. The number of methoxy groups -OCH3 is 1. The number of nitrogens with one attached hydrogen (secondary N) is 3. The molecule has 2 aromatic heterocycles. The molecule has 0 aliphatic rings. The zero-order chi connectivity index (χ0) is 25.8. The molecule has 2 aromatic carbocycles. The van der Waals surface area contributed by atoms with Gasteiger partial charge in [-0.25, -0.2) is 19.0 Å². The van der Waals surface area contributed by atoms with Crippen LogP contribution in [0.2, 0.25) is 0 Å². The third-order valence-corrected chi connectivity index (χ3v) is 4.68. The third-order valence-electron chi connectivity index (χ3n) is 4.10. The lowest BCUT2D eigenvalue weighted by Gasteiger charge is -2.11. The third kappa shape index (κ3) is 6.47.